The Morgan fingerprint density at radius 1 is 1.58 bits per heavy atom. The van der Waals surface area contributed by atoms with Crippen LogP contribution in [0.15, 0.2) is 6.20 Å². The SMILES string of the molecule is NCC1CC(=O)N(c2c(C(=O)O)cnn2CCO)C1. The van der Waals surface area contributed by atoms with Crippen molar-refractivity contribution in [2.24, 2.45) is 11.7 Å². The Kier molecular flexibility index (Phi) is 3.82. The number of carboxylic acids is 1. The average Bonchev–Trinajstić information content (AvgIpc) is 2.93. The van der Waals surface area contributed by atoms with Crippen molar-refractivity contribution in [3.63, 3.8) is 0 Å². The van der Waals surface area contributed by atoms with Gasteiger partial charge in [-0.3, -0.25) is 9.69 Å². The number of carboxylic acid groups (broad SMARTS) is 1. The van der Waals surface area contributed by atoms with Gasteiger partial charge in [0.15, 0.2) is 0 Å². The van der Waals surface area contributed by atoms with Crippen molar-refractivity contribution >= 4 is 17.7 Å². The Bertz CT molecular complexity index is 499. The molecule has 1 aliphatic rings. The van der Waals surface area contributed by atoms with Crippen molar-refractivity contribution in [2.75, 3.05) is 24.6 Å². The Morgan fingerprint density at radius 3 is 2.84 bits per heavy atom. The third kappa shape index (κ3) is 2.45. The van der Waals surface area contributed by atoms with Crippen LogP contribution in [0, 0.1) is 5.92 Å². The second-order valence-corrected chi connectivity index (χ2v) is 4.44. The highest BCUT2D eigenvalue weighted by Crippen LogP contribution is 2.27. The van der Waals surface area contributed by atoms with E-state index in [1.54, 1.807) is 0 Å². The Hall–Kier alpha value is -1.93. The lowest BCUT2D eigenvalue weighted by Gasteiger charge is -2.18. The summed E-state index contributed by atoms with van der Waals surface area (Å²) in [5, 5.41) is 22.0. The molecule has 1 atom stereocenters. The van der Waals surface area contributed by atoms with E-state index in [0.29, 0.717) is 19.5 Å². The van der Waals surface area contributed by atoms with Crippen LogP contribution in [-0.4, -0.2) is 51.6 Å². The van der Waals surface area contributed by atoms with E-state index in [4.69, 9.17) is 15.9 Å². The molecule has 2 heterocycles. The number of anilines is 1. The van der Waals surface area contributed by atoms with Gasteiger partial charge in [-0.2, -0.15) is 5.10 Å². The van der Waals surface area contributed by atoms with E-state index in [9.17, 15) is 9.59 Å². The largest absolute Gasteiger partial charge is 0.477 e. The summed E-state index contributed by atoms with van der Waals surface area (Å²) in [6.45, 7) is 0.710. The molecular formula is C11H16N4O4. The Balaban J connectivity index is 2.39. The van der Waals surface area contributed by atoms with Crippen molar-refractivity contribution in [3.05, 3.63) is 11.8 Å². The summed E-state index contributed by atoms with van der Waals surface area (Å²) < 4.78 is 1.33. The van der Waals surface area contributed by atoms with Crippen LogP contribution >= 0.6 is 0 Å². The van der Waals surface area contributed by atoms with Gasteiger partial charge < -0.3 is 15.9 Å². The molecule has 0 bridgehead atoms. The van der Waals surface area contributed by atoms with Gasteiger partial charge in [-0.25, -0.2) is 9.48 Å². The fourth-order valence-corrected chi connectivity index (χ4v) is 2.22. The standard InChI is InChI=1S/C11H16N4O4/c12-4-7-3-9(17)14(6-7)10-8(11(18)19)5-13-15(10)1-2-16/h5,7,16H,1-4,6,12H2,(H,18,19). The fourth-order valence-electron chi connectivity index (χ4n) is 2.22. The zero-order chi connectivity index (χ0) is 14.0. The molecule has 1 saturated heterocycles. The lowest BCUT2D eigenvalue weighted by molar-refractivity contribution is -0.117. The molecule has 104 valence electrons. The third-order valence-electron chi connectivity index (χ3n) is 3.15. The molecule has 1 unspecified atom stereocenters. The monoisotopic (exact) mass is 268 g/mol. The maximum atomic E-state index is 11.9. The predicted molar refractivity (Wildman–Crippen MR) is 65.8 cm³/mol. The van der Waals surface area contributed by atoms with Crippen LogP contribution in [0.4, 0.5) is 5.82 Å². The van der Waals surface area contributed by atoms with Crippen LogP contribution in [0.3, 0.4) is 0 Å². The smallest absolute Gasteiger partial charge is 0.341 e. The number of carbonyl (C=O) groups is 2. The minimum Gasteiger partial charge on any atom is -0.477 e. The fraction of sp³-hybridized carbons (Fsp3) is 0.545. The minimum atomic E-state index is -1.15. The van der Waals surface area contributed by atoms with Crippen molar-refractivity contribution in [1.29, 1.82) is 0 Å². The normalized spacial score (nSPS) is 19.2. The summed E-state index contributed by atoms with van der Waals surface area (Å²) >= 11 is 0. The van der Waals surface area contributed by atoms with Gasteiger partial charge in [-0.05, 0) is 12.5 Å². The zero-order valence-electron chi connectivity index (χ0n) is 10.3. The number of nitrogens with two attached hydrogens (primary N) is 1. The quantitative estimate of drug-likeness (QED) is 0.622. The van der Waals surface area contributed by atoms with Crippen LogP contribution in [-0.2, 0) is 11.3 Å². The van der Waals surface area contributed by atoms with Crippen LogP contribution in [0.5, 0.6) is 0 Å². The van der Waals surface area contributed by atoms with Crippen molar-refractivity contribution in [2.45, 2.75) is 13.0 Å². The Morgan fingerprint density at radius 2 is 2.32 bits per heavy atom. The molecule has 0 aromatic carbocycles. The molecule has 4 N–H and O–H groups in total. The minimum absolute atomic E-state index is 0.0200. The van der Waals surface area contributed by atoms with E-state index >= 15 is 0 Å². The van der Waals surface area contributed by atoms with Crippen molar-refractivity contribution < 1.29 is 19.8 Å². The van der Waals surface area contributed by atoms with Crippen LogP contribution in [0.1, 0.15) is 16.8 Å². The molecule has 1 fully saturated rings. The molecule has 1 aromatic heterocycles. The van der Waals surface area contributed by atoms with Gasteiger partial charge >= 0.3 is 5.97 Å². The molecule has 1 aromatic rings. The highest BCUT2D eigenvalue weighted by atomic mass is 16.4. The summed E-state index contributed by atoms with van der Waals surface area (Å²) in [5.41, 5.74) is 5.51. The molecule has 1 aliphatic heterocycles. The van der Waals surface area contributed by atoms with E-state index < -0.39 is 5.97 Å². The number of rotatable bonds is 5. The number of hydrogen-bond acceptors (Lipinski definition) is 5. The summed E-state index contributed by atoms with van der Waals surface area (Å²) in [4.78, 5) is 24.5. The molecule has 0 radical (unpaired) electrons. The highest BCUT2D eigenvalue weighted by Gasteiger charge is 2.34. The number of aliphatic hydroxyl groups excluding tert-OH is 1. The number of nitrogens with zero attached hydrogens (tertiary/aromatic N) is 3. The molecule has 8 heteroatoms. The second-order valence-electron chi connectivity index (χ2n) is 4.44. The first-order chi connectivity index (χ1) is 9.08. The van der Waals surface area contributed by atoms with Gasteiger partial charge in [-0.15, -0.1) is 0 Å². The van der Waals surface area contributed by atoms with Crippen LogP contribution in [0.2, 0.25) is 0 Å². The maximum Gasteiger partial charge on any atom is 0.341 e. The lowest BCUT2D eigenvalue weighted by Crippen LogP contribution is -2.30. The van der Waals surface area contributed by atoms with Crippen LogP contribution < -0.4 is 10.6 Å². The summed E-state index contributed by atoms with van der Waals surface area (Å²) in [7, 11) is 0. The number of carbonyl (C=O) groups excluding carboxylic acids is 1. The van der Waals surface area contributed by atoms with E-state index in [1.165, 1.54) is 15.8 Å². The van der Waals surface area contributed by atoms with E-state index in [-0.39, 0.29) is 36.4 Å². The van der Waals surface area contributed by atoms with Gasteiger partial charge in [-0.1, -0.05) is 0 Å². The van der Waals surface area contributed by atoms with E-state index in [1.807, 2.05) is 0 Å². The van der Waals surface area contributed by atoms with E-state index in [0.717, 1.165) is 0 Å². The van der Waals surface area contributed by atoms with Gasteiger partial charge in [0.2, 0.25) is 5.91 Å². The molecular weight excluding hydrogens is 252 g/mol. The Labute approximate surface area is 109 Å². The summed E-state index contributed by atoms with van der Waals surface area (Å²) in [6.07, 6.45) is 1.50. The number of aromatic carboxylic acids is 1. The average molecular weight is 268 g/mol. The molecule has 0 saturated carbocycles. The summed E-state index contributed by atoms with van der Waals surface area (Å²) in [6, 6.07) is 0. The molecule has 0 aliphatic carbocycles. The first-order valence-electron chi connectivity index (χ1n) is 5.98. The predicted octanol–water partition coefficient (Wildman–Crippen LogP) is -1.11. The zero-order valence-corrected chi connectivity index (χ0v) is 10.3. The van der Waals surface area contributed by atoms with Crippen molar-refractivity contribution in [1.82, 2.24) is 9.78 Å². The molecule has 2 rings (SSSR count). The topological polar surface area (TPSA) is 122 Å². The lowest BCUT2D eigenvalue weighted by atomic mass is 10.1. The third-order valence-corrected chi connectivity index (χ3v) is 3.15. The summed E-state index contributed by atoms with van der Waals surface area (Å²) in [5.74, 6) is -1.07. The first-order valence-corrected chi connectivity index (χ1v) is 5.98. The van der Waals surface area contributed by atoms with Crippen LogP contribution in [0.25, 0.3) is 0 Å². The highest BCUT2D eigenvalue weighted by molar-refractivity contribution is 6.02. The number of amides is 1. The van der Waals surface area contributed by atoms with E-state index in [2.05, 4.69) is 5.10 Å². The number of aliphatic hydroxyl groups is 1. The second kappa shape index (κ2) is 5.37. The maximum absolute atomic E-state index is 11.9. The number of aromatic nitrogens is 2. The first kappa shape index (κ1) is 13.5. The van der Waals surface area contributed by atoms with Gasteiger partial charge in [0.05, 0.1) is 19.3 Å². The van der Waals surface area contributed by atoms with Gasteiger partial charge in [0.1, 0.15) is 11.4 Å². The van der Waals surface area contributed by atoms with Gasteiger partial charge in [0, 0.05) is 13.0 Å². The van der Waals surface area contributed by atoms with Crippen molar-refractivity contribution in [3.8, 4) is 0 Å². The molecule has 8 nitrogen and oxygen atoms in total. The number of hydrogen-bond donors (Lipinski definition) is 3. The molecule has 1 amide bonds. The molecule has 0 spiro atoms. The molecule has 19 heavy (non-hydrogen) atoms. The van der Waals surface area contributed by atoms with Gasteiger partial charge in [0.25, 0.3) is 0 Å².